The smallest absolute Gasteiger partial charge is 0.326 e. The van der Waals surface area contributed by atoms with Gasteiger partial charge in [0.15, 0.2) is 0 Å². The van der Waals surface area contributed by atoms with Crippen LogP contribution in [0.15, 0.2) is 53.3 Å². The molecule has 0 fully saturated rings. The number of rotatable bonds is 6. The summed E-state index contributed by atoms with van der Waals surface area (Å²) in [6, 6.07) is 10.5. The van der Waals surface area contributed by atoms with Crippen molar-refractivity contribution in [3.63, 3.8) is 0 Å². The fraction of sp³-hybridized carbons (Fsp3) is 0.208. The maximum absolute atomic E-state index is 12.3. The number of ether oxygens (including phenoxy) is 1. The van der Waals surface area contributed by atoms with Crippen molar-refractivity contribution in [3.05, 3.63) is 71.4 Å². The number of hydrogen-bond donors (Lipinski definition) is 2. The number of amides is 2. The summed E-state index contributed by atoms with van der Waals surface area (Å²) < 4.78 is 11.2. The third-order valence-electron chi connectivity index (χ3n) is 5.09. The maximum atomic E-state index is 12.3. The summed E-state index contributed by atoms with van der Waals surface area (Å²) in [4.78, 5) is 25.5. The van der Waals surface area contributed by atoms with Crippen LogP contribution >= 0.6 is 0 Å². The molecule has 9 heteroatoms. The van der Waals surface area contributed by atoms with Crippen molar-refractivity contribution in [2.24, 2.45) is 0 Å². The molecule has 0 atom stereocenters. The largest absolute Gasteiger partial charge is 0.438 e. The molecule has 0 unspecified atom stereocenters. The zero-order chi connectivity index (χ0) is 23.4. The van der Waals surface area contributed by atoms with E-state index in [2.05, 4.69) is 30.7 Å². The Hall–Kier alpha value is -4.27. The molecule has 2 N–H and O–H groups in total. The minimum atomic E-state index is -0.426. The second-order valence-electron chi connectivity index (χ2n) is 7.45. The van der Waals surface area contributed by atoms with Crippen LogP contribution < -0.4 is 15.4 Å². The number of urea groups is 1. The topological polar surface area (TPSA) is 115 Å². The van der Waals surface area contributed by atoms with Crippen molar-refractivity contribution < 1.29 is 14.1 Å². The number of aromatic nitrogens is 4. The lowest BCUT2D eigenvalue weighted by Crippen LogP contribution is -2.19. The van der Waals surface area contributed by atoms with Crippen LogP contribution in [0.4, 0.5) is 16.4 Å². The Morgan fingerprint density at radius 1 is 1.06 bits per heavy atom. The monoisotopic (exact) mass is 444 g/mol. The Morgan fingerprint density at radius 3 is 2.64 bits per heavy atom. The minimum Gasteiger partial charge on any atom is -0.438 e. The molecular formula is C24H24N6O3. The molecule has 9 nitrogen and oxygen atoms in total. The molecule has 33 heavy (non-hydrogen) atoms. The highest BCUT2D eigenvalue weighted by atomic mass is 16.5. The number of pyridine rings is 1. The van der Waals surface area contributed by atoms with E-state index in [-0.39, 0.29) is 0 Å². The van der Waals surface area contributed by atoms with Gasteiger partial charge in [-0.05, 0) is 62.7 Å². The third kappa shape index (κ3) is 4.98. The molecule has 3 heterocycles. The number of nitrogens with zero attached hydrogens (tertiary/aromatic N) is 4. The average Bonchev–Trinajstić information content (AvgIpc) is 3.13. The van der Waals surface area contributed by atoms with Gasteiger partial charge in [-0.2, -0.15) is 0 Å². The number of aryl methyl sites for hydroxylation is 3. The lowest BCUT2D eigenvalue weighted by Gasteiger charge is -2.13. The molecule has 0 aliphatic heterocycles. The Bertz CT molecular complexity index is 1300. The summed E-state index contributed by atoms with van der Waals surface area (Å²) in [5.74, 6) is 2.13. The number of nitrogens with one attached hydrogen (secondary N) is 2. The van der Waals surface area contributed by atoms with Crippen LogP contribution in [0.3, 0.4) is 0 Å². The van der Waals surface area contributed by atoms with Gasteiger partial charge >= 0.3 is 6.03 Å². The Balaban J connectivity index is 1.50. The molecule has 0 saturated carbocycles. The number of benzene rings is 1. The van der Waals surface area contributed by atoms with Crippen molar-refractivity contribution in [3.8, 4) is 22.9 Å². The van der Waals surface area contributed by atoms with E-state index >= 15 is 0 Å². The van der Waals surface area contributed by atoms with Gasteiger partial charge in [0.25, 0.3) is 0 Å². The average molecular weight is 444 g/mol. The first-order valence-electron chi connectivity index (χ1n) is 10.5. The molecule has 2 amide bonds. The Kier molecular flexibility index (Phi) is 6.30. The molecule has 4 rings (SSSR count). The first-order chi connectivity index (χ1) is 15.9. The van der Waals surface area contributed by atoms with Gasteiger partial charge in [-0.3, -0.25) is 5.32 Å². The van der Waals surface area contributed by atoms with Crippen LogP contribution in [0.25, 0.3) is 11.3 Å². The number of carbonyl (C=O) groups is 1. The van der Waals surface area contributed by atoms with Crippen LogP contribution in [-0.4, -0.2) is 26.1 Å². The van der Waals surface area contributed by atoms with Crippen molar-refractivity contribution in [1.82, 2.24) is 20.1 Å². The van der Waals surface area contributed by atoms with Crippen molar-refractivity contribution in [1.29, 1.82) is 0 Å². The summed E-state index contributed by atoms with van der Waals surface area (Å²) >= 11 is 0. The quantitative estimate of drug-likeness (QED) is 0.406. The van der Waals surface area contributed by atoms with Gasteiger partial charge in [-0.15, -0.1) is 0 Å². The Morgan fingerprint density at radius 2 is 1.91 bits per heavy atom. The fourth-order valence-corrected chi connectivity index (χ4v) is 3.13. The van der Waals surface area contributed by atoms with Crippen molar-refractivity contribution >= 4 is 17.6 Å². The molecule has 0 aliphatic rings. The van der Waals surface area contributed by atoms with Crippen molar-refractivity contribution in [2.75, 3.05) is 10.6 Å². The molecule has 168 valence electrons. The second-order valence-corrected chi connectivity index (χ2v) is 7.45. The SMILES string of the molecule is CCc1nccc(-c2cccnc2Oc2ccc(NC(=O)Nc3onc(C)c3C)cc2C)n1. The third-order valence-corrected chi connectivity index (χ3v) is 5.09. The van der Waals surface area contributed by atoms with Gasteiger partial charge in [0.05, 0.1) is 17.0 Å². The van der Waals surface area contributed by atoms with Crippen LogP contribution in [0.1, 0.15) is 29.6 Å². The number of anilines is 2. The minimum absolute atomic E-state index is 0.320. The summed E-state index contributed by atoms with van der Waals surface area (Å²) in [5.41, 5.74) is 4.46. The summed E-state index contributed by atoms with van der Waals surface area (Å²) in [7, 11) is 0. The van der Waals surface area contributed by atoms with Gasteiger partial charge in [0, 0.05) is 30.1 Å². The summed E-state index contributed by atoms with van der Waals surface area (Å²) in [6.07, 6.45) is 4.14. The van der Waals surface area contributed by atoms with Crippen molar-refractivity contribution in [2.45, 2.75) is 34.1 Å². The van der Waals surface area contributed by atoms with Crippen LogP contribution in [0, 0.1) is 20.8 Å². The summed E-state index contributed by atoms with van der Waals surface area (Å²) in [6.45, 7) is 7.54. The molecule has 0 saturated heterocycles. The van der Waals surface area contributed by atoms with E-state index in [1.54, 1.807) is 24.5 Å². The highest BCUT2D eigenvalue weighted by Crippen LogP contribution is 2.32. The van der Waals surface area contributed by atoms with E-state index in [0.29, 0.717) is 23.2 Å². The van der Waals surface area contributed by atoms with E-state index in [9.17, 15) is 4.79 Å². The van der Waals surface area contributed by atoms with E-state index in [0.717, 1.165) is 40.3 Å². The zero-order valence-corrected chi connectivity index (χ0v) is 18.8. The second kappa shape index (κ2) is 9.47. The predicted octanol–water partition coefficient (Wildman–Crippen LogP) is 5.45. The van der Waals surface area contributed by atoms with Gasteiger partial charge in [0.2, 0.25) is 11.8 Å². The van der Waals surface area contributed by atoms with Crippen LogP contribution in [-0.2, 0) is 6.42 Å². The molecule has 3 aromatic heterocycles. The predicted molar refractivity (Wildman–Crippen MR) is 125 cm³/mol. The van der Waals surface area contributed by atoms with E-state index in [4.69, 9.17) is 9.26 Å². The molecule has 0 spiro atoms. The van der Waals surface area contributed by atoms with Gasteiger partial charge in [-0.25, -0.2) is 19.7 Å². The summed E-state index contributed by atoms with van der Waals surface area (Å²) in [5, 5.41) is 9.27. The first kappa shape index (κ1) is 21.9. The maximum Gasteiger partial charge on any atom is 0.326 e. The van der Waals surface area contributed by atoms with Gasteiger partial charge < -0.3 is 14.6 Å². The fourth-order valence-electron chi connectivity index (χ4n) is 3.13. The lowest BCUT2D eigenvalue weighted by atomic mass is 10.1. The lowest BCUT2D eigenvalue weighted by molar-refractivity contribution is 0.261. The number of hydrogen-bond acceptors (Lipinski definition) is 7. The van der Waals surface area contributed by atoms with E-state index < -0.39 is 6.03 Å². The standard InChI is InChI=1S/C24H24N6O3/c1-5-21-25-12-10-19(28-21)18-7-6-11-26-23(18)32-20-9-8-17(13-14(20)2)27-24(31)29-22-15(3)16(4)30-33-22/h6-13H,5H2,1-4H3,(H2,27,29,31). The molecule has 1 aromatic carbocycles. The van der Waals surface area contributed by atoms with Gasteiger partial charge in [-0.1, -0.05) is 12.1 Å². The molecule has 4 aromatic rings. The Labute approximate surface area is 191 Å². The highest BCUT2D eigenvalue weighted by molar-refractivity contribution is 5.99. The van der Waals surface area contributed by atoms with Gasteiger partial charge in [0.1, 0.15) is 11.6 Å². The molecule has 0 aliphatic carbocycles. The first-order valence-corrected chi connectivity index (χ1v) is 10.5. The molecule has 0 radical (unpaired) electrons. The molecular weight excluding hydrogens is 420 g/mol. The van der Waals surface area contributed by atoms with E-state index in [1.807, 2.05) is 52.0 Å². The van der Waals surface area contributed by atoms with Crippen LogP contribution in [0.2, 0.25) is 0 Å². The normalized spacial score (nSPS) is 10.7. The highest BCUT2D eigenvalue weighted by Gasteiger charge is 2.14. The molecule has 0 bridgehead atoms. The zero-order valence-electron chi connectivity index (χ0n) is 18.8. The van der Waals surface area contributed by atoms with Crippen LogP contribution in [0.5, 0.6) is 11.6 Å². The van der Waals surface area contributed by atoms with E-state index in [1.165, 1.54) is 0 Å². The number of carbonyl (C=O) groups excluding carboxylic acids is 1.